The summed E-state index contributed by atoms with van der Waals surface area (Å²) in [6.07, 6.45) is 3.15. The fraction of sp³-hybridized carbons (Fsp3) is 0.938. The van der Waals surface area contributed by atoms with E-state index in [1.165, 1.54) is 12.8 Å². The molecule has 0 radical (unpaired) electrons. The third-order valence-electron chi connectivity index (χ3n) is 4.91. The zero-order chi connectivity index (χ0) is 15.1. The van der Waals surface area contributed by atoms with E-state index in [9.17, 15) is 4.79 Å². The van der Waals surface area contributed by atoms with Gasteiger partial charge >= 0.3 is 0 Å². The Labute approximate surface area is 128 Å². The van der Waals surface area contributed by atoms with Crippen molar-refractivity contribution in [3.63, 3.8) is 0 Å². The molecule has 2 N–H and O–H groups in total. The van der Waals surface area contributed by atoms with Gasteiger partial charge in [0.25, 0.3) is 0 Å². The number of carbonyl (C=O) groups is 1. The van der Waals surface area contributed by atoms with Crippen molar-refractivity contribution in [1.82, 2.24) is 15.5 Å². The van der Waals surface area contributed by atoms with Crippen LogP contribution in [0.4, 0.5) is 0 Å². The summed E-state index contributed by atoms with van der Waals surface area (Å²) in [6.45, 7) is 10.9. The molecular formula is C16H31N3O2. The number of piperidine rings is 1. The van der Waals surface area contributed by atoms with Gasteiger partial charge in [0.1, 0.15) is 0 Å². The van der Waals surface area contributed by atoms with Crippen LogP contribution >= 0.6 is 0 Å². The molecule has 0 spiro atoms. The largest absolute Gasteiger partial charge is 0.379 e. The molecule has 0 saturated carbocycles. The monoisotopic (exact) mass is 297 g/mol. The van der Waals surface area contributed by atoms with Crippen LogP contribution in [0.15, 0.2) is 0 Å². The number of hydrogen-bond donors (Lipinski definition) is 2. The lowest BCUT2D eigenvalue weighted by atomic mass is 9.85. The van der Waals surface area contributed by atoms with Crippen molar-refractivity contribution < 1.29 is 9.53 Å². The van der Waals surface area contributed by atoms with Crippen LogP contribution in [-0.2, 0) is 9.53 Å². The van der Waals surface area contributed by atoms with Gasteiger partial charge in [-0.25, -0.2) is 0 Å². The van der Waals surface area contributed by atoms with Gasteiger partial charge in [-0.3, -0.25) is 9.69 Å². The quantitative estimate of drug-likeness (QED) is 0.763. The standard InChI is InChI=1S/C16H31N3O2/c1-13(15-4-3-5-17-12-15)10-16(20)18-11-14(2)19-6-8-21-9-7-19/h13-15,17H,3-12H2,1-2H3,(H,18,20). The Morgan fingerprint density at radius 1 is 1.38 bits per heavy atom. The van der Waals surface area contributed by atoms with Crippen molar-refractivity contribution in [2.24, 2.45) is 11.8 Å². The third-order valence-corrected chi connectivity index (χ3v) is 4.91. The molecule has 21 heavy (non-hydrogen) atoms. The highest BCUT2D eigenvalue weighted by Gasteiger charge is 2.23. The lowest BCUT2D eigenvalue weighted by Gasteiger charge is -2.32. The maximum atomic E-state index is 12.1. The summed E-state index contributed by atoms with van der Waals surface area (Å²) in [5, 5.41) is 6.54. The van der Waals surface area contributed by atoms with Gasteiger partial charge in [0.2, 0.25) is 5.91 Å². The molecule has 0 aromatic carbocycles. The molecule has 2 rings (SSSR count). The molecule has 5 heteroatoms. The number of ether oxygens (including phenoxy) is 1. The Morgan fingerprint density at radius 3 is 2.81 bits per heavy atom. The molecular weight excluding hydrogens is 266 g/mol. The van der Waals surface area contributed by atoms with E-state index in [-0.39, 0.29) is 5.91 Å². The second-order valence-corrected chi connectivity index (χ2v) is 6.59. The van der Waals surface area contributed by atoms with Crippen LogP contribution in [0, 0.1) is 11.8 Å². The van der Waals surface area contributed by atoms with Crippen LogP contribution in [0.5, 0.6) is 0 Å². The van der Waals surface area contributed by atoms with E-state index in [2.05, 4.69) is 29.4 Å². The van der Waals surface area contributed by atoms with Gasteiger partial charge in [-0.1, -0.05) is 6.92 Å². The van der Waals surface area contributed by atoms with E-state index in [4.69, 9.17) is 4.74 Å². The molecule has 2 aliphatic rings. The summed E-state index contributed by atoms with van der Waals surface area (Å²) in [5.74, 6) is 1.32. The summed E-state index contributed by atoms with van der Waals surface area (Å²) in [4.78, 5) is 14.5. The molecule has 5 nitrogen and oxygen atoms in total. The fourth-order valence-corrected chi connectivity index (χ4v) is 3.30. The van der Waals surface area contributed by atoms with E-state index < -0.39 is 0 Å². The van der Waals surface area contributed by atoms with Gasteiger partial charge < -0.3 is 15.4 Å². The maximum absolute atomic E-state index is 12.1. The normalized spacial score (nSPS) is 27.0. The zero-order valence-electron chi connectivity index (χ0n) is 13.6. The molecule has 122 valence electrons. The number of hydrogen-bond acceptors (Lipinski definition) is 4. The molecule has 0 aromatic rings. The Morgan fingerprint density at radius 2 is 2.14 bits per heavy atom. The predicted octanol–water partition coefficient (Wildman–Crippen LogP) is 0.849. The number of rotatable bonds is 6. The van der Waals surface area contributed by atoms with E-state index in [0.29, 0.717) is 24.3 Å². The van der Waals surface area contributed by atoms with Gasteiger partial charge in [-0.05, 0) is 44.7 Å². The van der Waals surface area contributed by atoms with Crippen molar-refractivity contribution >= 4 is 5.91 Å². The number of amides is 1. The van der Waals surface area contributed by atoms with Crippen molar-refractivity contribution in [3.8, 4) is 0 Å². The van der Waals surface area contributed by atoms with Crippen LogP contribution in [0.1, 0.15) is 33.1 Å². The van der Waals surface area contributed by atoms with Crippen molar-refractivity contribution in [3.05, 3.63) is 0 Å². The predicted molar refractivity (Wildman–Crippen MR) is 84.2 cm³/mol. The van der Waals surface area contributed by atoms with Crippen LogP contribution in [-0.4, -0.2) is 62.8 Å². The van der Waals surface area contributed by atoms with Gasteiger partial charge in [0.05, 0.1) is 13.2 Å². The molecule has 0 aliphatic carbocycles. The Hall–Kier alpha value is -0.650. The van der Waals surface area contributed by atoms with Gasteiger partial charge in [0, 0.05) is 32.1 Å². The SMILES string of the molecule is CC(CC(=O)NCC(C)N1CCOCC1)C1CCCNC1. The second kappa shape index (κ2) is 8.71. The molecule has 2 fully saturated rings. The van der Waals surface area contributed by atoms with E-state index in [1.807, 2.05) is 0 Å². The minimum absolute atomic E-state index is 0.202. The number of nitrogens with one attached hydrogen (secondary N) is 2. The smallest absolute Gasteiger partial charge is 0.220 e. The van der Waals surface area contributed by atoms with Crippen LogP contribution in [0.2, 0.25) is 0 Å². The van der Waals surface area contributed by atoms with Gasteiger partial charge in [0.15, 0.2) is 0 Å². The summed E-state index contributed by atoms with van der Waals surface area (Å²) >= 11 is 0. The first-order valence-corrected chi connectivity index (χ1v) is 8.46. The maximum Gasteiger partial charge on any atom is 0.220 e. The van der Waals surface area contributed by atoms with Gasteiger partial charge in [-0.2, -0.15) is 0 Å². The molecule has 3 atom stereocenters. The minimum Gasteiger partial charge on any atom is -0.379 e. The van der Waals surface area contributed by atoms with Crippen molar-refractivity contribution in [1.29, 1.82) is 0 Å². The lowest BCUT2D eigenvalue weighted by molar-refractivity contribution is -0.122. The Bertz CT molecular complexity index is 313. The zero-order valence-corrected chi connectivity index (χ0v) is 13.6. The highest BCUT2D eigenvalue weighted by Crippen LogP contribution is 2.22. The third kappa shape index (κ3) is 5.57. The molecule has 0 aromatic heterocycles. The Kier molecular flexibility index (Phi) is 6.93. The van der Waals surface area contributed by atoms with E-state index in [1.54, 1.807) is 0 Å². The molecule has 0 bridgehead atoms. The average molecular weight is 297 g/mol. The summed E-state index contributed by atoms with van der Waals surface area (Å²) in [5.41, 5.74) is 0. The first-order chi connectivity index (χ1) is 10.2. The highest BCUT2D eigenvalue weighted by molar-refractivity contribution is 5.76. The van der Waals surface area contributed by atoms with Crippen molar-refractivity contribution in [2.75, 3.05) is 45.9 Å². The topological polar surface area (TPSA) is 53.6 Å². The first kappa shape index (κ1) is 16.7. The molecule has 3 unspecified atom stereocenters. The van der Waals surface area contributed by atoms with Crippen molar-refractivity contribution in [2.45, 2.75) is 39.2 Å². The van der Waals surface area contributed by atoms with Gasteiger partial charge in [-0.15, -0.1) is 0 Å². The lowest BCUT2D eigenvalue weighted by Crippen LogP contribution is -2.47. The number of carbonyl (C=O) groups excluding carboxylic acids is 1. The Balaban J connectivity index is 1.64. The first-order valence-electron chi connectivity index (χ1n) is 8.46. The molecule has 2 aliphatic heterocycles. The summed E-state index contributed by atoms with van der Waals surface area (Å²) < 4.78 is 5.36. The molecule has 2 heterocycles. The highest BCUT2D eigenvalue weighted by atomic mass is 16.5. The molecule has 2 saturated heterocycles. The second-order valence-electron chi connectivity index (χ2n) is 6.59. The van der Waals surface area contributed by atoms with E-state index in [0.717, 1.165) is 45.9 Å². The van der Waals surface area contributed by atoms with Crippen LogP contribution < -0.4 is 10.6 Å². The molecule has 1 amide bonds. The fourth-order valence-electron chi connectivity index (χ4n) is 3.30. The average Bonchev–Trinajstić information content (AvgIpc) is 2.54. The summed E-state index contributed by atoms with van der Waals surface area (Å²) in [6, 6.07) is 0.393. The number of morpholine rings is 1. The van der Waals surface area contributed by atoms with Crippen LogP contribution in [0.3, 0.4) is 0 Å². The van der Waals surface area contributed by atoms with Crippen LogP contribution in [0.25, 0.3) is 0 Å². The van der Waals surface area contributed by atoms with E-state index >= 15 is 0 Å². The summed E-state index contributed by atoms with van der Waals surface area (Å²) in [7, 11) is 0. The minimum atomic E-state index is 0.202. The number of nitrogens with zero attached hydrogens (tertiary/aromatic N) is 1.